The van der Waals surface area contributed by atoms with Crippen LogP contribution in [-0.2, 0) is 0 Å². The number of hydrogen-bond donors (Lipinski definition) is 1. The lowest BCUT2D eigenvalue weighted by Gasteiger charge is -1.84. The Kier molecular flexibility index (Phi) is 1.01. The van der Waals surface area contributed by atoms with Gasteiger partial charge in [-0.2, -0.15) is 5.10 Å². The molecule has 48 valence electrons. The van der Waals surface area contributed by atoms with Gasteiger partial charge < -0.3 is 0 Å². The van der Waals surface area contributed by atoms with Gasteiger partial charge >= 0.3 is 0 Å². The van der Waals surface area contributed by atoms with Crippen LogP contribution < -0.4 is 0 Å². The Morgan fingerprint density at radius 1 is 1.30 bits per heavy atom. The fourth-order valence-electron chi connectivity index (χ4n) is 0.980. The van der Waals surface area contributed by atoms with Gasteiger partial charge in [0.1, 0.15) is 0 Å². The summed E-state index contributed by atoms with van der Waals surface area (Å²) < 4.78 is 0. The number of fused-ring (bicyclic) bond motifs is 1. The standard InChI is InChI=1S/C8H6N2/c1-6-7-4-2-3-5-8(7)10-9-6/h1-5H,(H,9,10). The van der Waals surface area contributed by atoms with E-state index in [1.807, 2.05) is 24.3 Å². The molecule has 1 aromatic carbocycles. The molecule has 2 radical (unpaired) electrons. The van der Waals surface area contributed by atoms with E-state index in [1.54, 1.807) is 0 Å². The Bertz CT molecular complexity index is 349. The third-order valence-corrected chi connectivity index (χ3v) is 1.49. The van der Waals surface area contributed by atoms with E-state index in [0.29, 0.717) is 5.69 Å². The molecule has 2 aromatic rings. The van der Waals surface area contributed by atoms with Crippen LogP contribution in [0.25, 0.3) is 10.9 Å². The van der Waals surface area contributed by atoms with E-state index in [-0.39, 0.29) is 0 Å². The lowest BCUT2D eigenvalue weighted by Crippen LogP contribution is -1.67. The Morgan fingerprint density at radius 2 is 2.10 bits per heavy atom. The molecule has 0 fully saturated rings. The summed E-state index contributed by atoms with van der Waals surface area (Å²) >= 11 is 0. The summed E-state index contributed by atoms with van der Waals surface area (Å²) in [4.78, 5) is 0. The number of hydrogen-bond acceptors (Lipinski definition) is 1. The molecule has 2 nitrogen and oxygen atoms in total. The van der Waals surface area contributed by atoms with Gasteiger partial charge in [-0.05, 0) is 6.07 Å². The van der Waals surface area contributed by atoms with Crippen molar-refractivity contribution in [2.45, 2.75) is 0 Å². The zero-order chi connectivity index (χ0) is 6.97. The number of nitrogens with one attached hydrogen (secondary N) is 1. The lowest BCUT2D eigenvalue weighted by atomic mass is 10.2. The van der Waals surface area contributed by atoms with Gasteiger partial charge in [0.15, 0.2) is 0 Å². The molecule has 10 heavy (non-hydrogen) atoms. The summed E-state index contributed by atoms with van der Waals surface area (Å²) in [6.45, 7) is 5.56. The number of rotatable bonds is 0. The second-order valence-electron chi connectivity index (χ2n) is 2.15. The van der Waals surface area contributed by atoms with E-state index in [1.165, 1.54) is 0 Å². The maximum Gasteiger partial charge on any atom is 0.0923 e. The quantitative estimate of drug-likeness (QED) is 0.576. The van der Waals surface area contributed by atoms with E-state index < -0.39 is 0 Å². The van der Waals surface area contributed by atoms with Crippen LogP contribution in [0.4, 0.5) is 0 Å². The first-order chi connectivity index (χ1) is 4.88. The van der Waals surface area contributed by atoms with Crippen LogP contribution in [-0.4, -0.2) is 10.2 Å². The Labute approximate surface area is 58.9 Å². The van der Waals surface area contributed by atoms with Crippen LogP contribution in [0.5, 0.6) is 0 Å². The fraction of sp³-hybridized carbons (Fsp3) is 0. The number of H-pyrrole nitrogens is 1. The van der Waals surface area contributed by atoms with E-state index in [0.717, 1.165) is 10.9 Å². The molecule has 0 unspecified atom stereocenters. The van der Waals surface area contributed by atoms with Crippen LogP contribution in [0.1, 0.15) is 5.69 Å². The van der Waals surface area contributed by atoms with E-state index in [4.69, 9.17) is 6.92 Å². The highest BCUT2D eigenvalue weighted by molar-refractivity contribution is 5.81. The van der Waals surface area contributed by atoms with Gasteiger partial charge in [-0.3, -0.25) is 5.10 Å². The van der Waals surface area contributed by atoms with Gasteiger partial charge in [-0.15, -0.1) is 0 Å². The second kappa shape index (κ2) is 1.84. The number of benzene rings is 1. The van der Waals surface area contributed by atoms with Crippen molar-refractivity contribution in [3.63, 3.8) is 0 Å². The van der Waals surface area contributed by atoms with Crippen molar-refractivity contribution >= 4 is 10.9 Å². The number of aromatic amines is 1. The van der Waals surface area contributed by atoms with Gasteiger partial charge in [0.2, 0.25) is 0 Å². The highest BCUT2D eigenvalue weighted by atomic mass is 15.1. The first kappa shape index (κ1) is 5.47. The van der Waals surface area contributed by atoms with Crippen molar-refractivity contribution in [1.29, 1.82) is 0 Å². The maximum atomic E-state index is 5.56. The third kappa shape index (κ3) is 0.620. The topological polar surface area (TPSA) is 28.7 Å². The number of aromatic nitrogens is 2. The Hall–Kier alpha value is -1.31. The summed E-state index contributed by atoms with van der Waals surface area (Å²) in [7, 11) is 0. The second-order valence-corrected chi connectivity index (χ2v) is 2.15. The predicted molar refractivity (Wildman–Crippen MR) is 39.5 cm³/mol. The third-order valence-electron chi connectivity index (χ3n) is 1.49. The average molecular weight is 130 g/mol. The van der Waals surface area contributed by atoms with Crippen LogP contribution in [0, 0.1) is 6.92 Å². The van der Waals surface area contributed by atoms with Gasteiger partial charge in [0.05, 0.1) is 5.52 Å². The highest BCUT2D eigenvalue weighted by Crippen LogP contribution is 2.12. The van der Waals surface area contributed by atoms with Crippen LogP contribution >= 0.6 is 0 Å². The Morgan fingerprint density at radius 3 is 2.90 bits per heavy atom. The molecule has 0 bridgehead atoms. The molecule has 0 spiro atoms. The van der Waals surface area contributed by atoms with E-state index in [9.17, 15) is 0 Å². The summed E-state index contributed by atoms with van der Waals surface area (Å²) in [6, 6.07) is 7.73. The van der Waals surface area contributed by atoms with Crippen molar-refractivity contribution < 1.29 is 0 Å². The van der Waals surface area contributed by atoms with Crippen LogP contribution in [0.15, 0.2) is 24.3 Å². The number of para-hydroxylation sites is 1. The van der Waals surface area contributed by atoms with Gasteiger partial charge in [0.25, 0.3) is 0 Å². The summed E-state index contributed by atoms with van der Waals surface area (Å²) in [6.07, 6.45) is 0. The van der Waals surface area contributed by atoms with Crippen molar-refractivity contribution in [1.82, 2.24) is 10.2 Å². The van der Waals surface area contributed by atoms with E-state index >= 15 is 0 Å². The molecular weight excluding hydrogens is 124 g/mol. The largest absolute Gasteiger partial charge is 0.281 e. The Balaban J connectivity index is 2.93. The molecule has 0 amide bonds. The normalized spacial score (nSPS) is 10.5. The maximum absolute atomic E-state index is 5.56. The van der Waals surface area contributed by atoms with Crippen LogP contribution in [0.2, 0.25) is 0 Å². The van der Waals surface area contributed by atoms with Gasteiger partial charge in [-0.1, -0.05) is 18.2 Å². The molecule has 0 saturated heterocycles. The molecular formula is C8H6N2. The lowest BCUT2D eigenvalue weighted by molar-refractivity contribution is 1.09. The molecule has 1 heterocycles. The molecule has 0 saturated carbocycles. The average Bonchev–Trinajstić information content (AvgIpc) is 2.34. The number of nitrogens with zero attached hydrogens (tertiary/aromatic N) is 1. The first-order valence-electron chi connectivity index (χ1n) is 3.06. The predicted octanol–water partition coefficient (Wildman–Crippen LogP) is 1.62. The van der Waals surface area contributed by atoms with Crippen molar-refractivity contribution in [2.24, 2.45) is 0 Å². The van der Waals surface area contributed by atoms with Crippen molar-refractivity contribution in [3.8, 4) is 0 Å². The summed E-state index contributed by atoms with van der Waals surface area (Å²) in [5, 5.41) is 7.66. The molecule has 0 aliphatic carbocycles. The highest BCUT2D eigenvalue weighted by Gasteiger charge is 1.96. The minimum absolute atomic E-state index is 0.635. The van der Waals surface area contributed by atoms with E-state index in [2.05, 4.69) is 10.2 Å². The smallest absolute Gasteiger partial charge is 0.0923 e. The SMILES string of the molecule is [CH]c1[nH]nc2ccccc12. The molecule has 0 aliphatic heterocycles. The minimum Gasteiger partial charge on any atom is -0.281 e. The molecule has 0 aliphatic rings. The van der Waals surface area contributed by atoms with Gasteiger partial charge in [0, 0.05) is 18.0 Å². The monoisotopic (exact) mass is 130 g/mol. The summed E-state index contributed by atoms with van der Waals surface area (Å²) in [5.74, 6) is 0. The first-order valence-corrected chi connectivity index (χ1v) is 3.06. The van der Waals surface area contributed by atoms with Crippen LogP contribution in [0.3, 0.4) is 0 Å². The fourth-order valence-corrected chi connectivity index (χ4v) is 0.980. The van der Waals surface area contributed by atoms with Gasteiger partial charge in [-0.25, -0.2) is 0 Å². The molecule has 1 N–H and O–H groups in total. The zero-order valence-corrected chi connectivity index (χ0v) is 5.33. The molecule has 0 atom stereocenters. The minimum atomic E-state index is 0.635. The summed E-state index contributed by atoms with van der Waals surface area (Å²) in [5.41, 5.74) is 1.55. The molecule has 1 aromatic heterocycles. The van der Waals surface area contributed by atoms with Crippen molar-refractivity contribution in [3.05, 3.63) is 36.9 Å². The molecule has 2 rings (SSSR count). The zero-order valence-electron chi connectivity index (χ0n) is 5.33. The van der Waals surface area contributed by atoms with Crippen molar-refractivity contribution in [2.75, 3.05) is 0 Å². The molecule has 2 heteroatoms.